The first-order valence-corrected chi connectivity index (χ1v) is 6.13. The molecule has 0 atom stereocenters. The van der Waals surface area contributed by atoms with Crippen LogP contribution in [0.2, 0.25) is 0 Å². The van der Waals surface area contributed by atoms with Crippen LogP contribution in [0.3, 0.4) is 0 Å². The quantitative estimate of drug-likeness (QED) is 0.835. The molecule has 2 rings (SSSR count). The molecule has 1 N–H and O–H groups in total. The number of anilines is 1. The first-order chi connectivity index (χ1) is 8.31. The zero-order valence-corrected chi connectivity index (χ0v) is 10.6. The van der Waals surface area contributed by atoms with Crippen LogP contribution in [0, 0.1) is 6.92 Å². The van der Waals surface area contributed by atoms with Crippen molar-refractivity contribution in [1.29, 1.82) is 0 Å². The van der Waals surface area contributed by atoms with Crippen LogP contribution in [0.1, 0.15) is 18.4 Å². The number of nitrogens with zero attached hydrogens (tertiary/aromatic N) is 3. The molecule has 94 valence electrons. The molecule has 2 heterocycles. The van der Waals surface area contributed by atoms with Gasteiger partial charge in [0.15, 0.2) is 0 Å². The maximum atomic E-state index is 5.16. The second-order valence-electron chi connectivity index (χ2n) is 4.33. The highest BCUT2D eigenvalue weighted by atomic mass is 16.5. The number of aromatic nitrogens is 2. The summed E-state index contributed by atoms with van der Waals surface area (Å²) in [7, 11) is 1.63. The second-order valence-corrected chi connectivity index (χ2v) is 4.33. The van der Waals surface area contributed by atoms with Gasteiger partial charge in [-0.3, -0.25) is 0 Å². The summed E-state index contributed by atoms with van der Waals surface area (Å²) in [6, 6.07) is 0. The predicted octanol–water partition coefficient (Wildman–Crippen LogP) is 1.30. The van der Waals surface area contributed by atoms with Gasteiger partial charge in [0.2, 0.25) is 5.88 Å². The molecule has 1 aromatic heterocycles. The lowest BCUT2D eigenvalue weighted by molar-refractivity contribution is 0.352. The van der Waals surface area contributed by atoms with Gasteiger partial charge in [0.1, 0.15) is 12.1 Å². The molecular weight excluding hydrogens is 216 g/mol. The summed E-state index contributed by atoms with van der Waals surface area (Å²) >= 11 is 0. The highest BCUT2D eigenvalue weighted by Gasteiger charge is 2.11. The van der Waals surface area contributed by atoms with Crippen LogP contribution in [-0.4, -0.2) is 48.2 Å². The Hall–Kier alpha value is -1.36. The number of likely N-dealkylation sites (tertiary alicyclic amines) is 1. The monoisotopic (exact) mass is 236 g/mol. The van der Waals surface area contributed by atoms with Crippen molar-refractivity contribution in [3.8, 4) is 5.88 Å². The molecule has 1 saturated heterocycles. The number of hydrogen-bond donors (Lipinski definition) is 1. The molecule has 0 amide bonds. The Morgan fingerprint density at radius 2 is 2.12 bits per heavy atom. The van der Waals surface area contributed by atoms with Crippen molar-refractivity contribution >= 4 is 5.82 Å². The number of methoxy groups -OCH3 is 1. The molecule has 0 unspecified atom stereocenters. The molecule has 1 fully saturated rings. The van der Waals surface area contributed by atoms with Crippen molar-refractivity contribution in [2.45, 2.75) is 19.8 Å². The lowest BCUT2D eigenvalue weighted by atomic mass is 10.3. The lowest BCUT2D eigenvalue weighted by Gasteiger charge is -2.16. The normalized spacial score (nSPS) is 16.1. The van der Waals surface area contributed by atoms with Gasteiger partial charge >= 0.3 is 0 Å². The molecule has 0 bridgehead atoms. The summed E-state index contributed by atoms with van der Waals surface area (Å²) in [5, 5.41) is 3.34. The van der Waals surface area contributed by atoms with E-state index in [1.165, 1.54) is 32.3 Å². The van der Waals surface area contributed by atoms with Crippen LogP contribution < -0.4 is 10.1 Å². The topological polar surface area (TPSA) is 50.3 Å². The molecule has 1 aromatic rings. The number of rotatable bonds is 5. The fourth-order valence-electron chi connectivity index (χ4n) is 2.16. The van der Waals surface area contributed by atoms with E-state index in [0.717, 1.165) is 24.5 Å². The van der Waals surface area contributed by atoms with Crippen LogP contribution >= 0.6 is 0 Å². The SMILES string of the molecule is COc1ncnc(NCCN2CCCC2)c1C. The standard InChI is InChI=1S/C12H20N4O/c1-10-11(14-9-15-12(10)17-2)13-5-8-16-6-3-4-7-16/h9H,3-8H2,1-2H3,(H,13,14,15). The Morgan fingerprint density at radius 1 is 1.35 bits per heavy atom. The zero-order valence-electron chi connectivity index (χ0n) is 10.6. The minimum atomic E-state index is 0.642. The fraction of sp³-hybridized carbons (Fsp3) is 0.667. The second kappa shape index (κ2) is 5.82. The van der Waals surface area contributed by atoms with Gasteiger partial charge in [-0.05, 0) is 32.9 Å². The van der Waals surface area contributed by atoms with E-state index in [1.54, 1.807) is 7.11 Å². The number of nitrogens with one attached hydrogen (secondary N) is 1. The highest BCUT2D eigenvalue weighted by Crippen LogP contribution is 2.19. The van der Waals surface area contributed by atoms with E-state index < -0.39 is 0 Å². The molecule has 0 saturated carbocycles. The van der Waals surface area contributed by atoms with Gasteiger partial charge in [0, 0.05) is 13.1 Å². The molecule has 0 aliphatic carbocycles. The number of hydrogen-bond acceptors (Lipinski definition) is 5. The molecule has 1 aliphatic heterocycles. The van der Waals surface area contributed by atoms with Gasteiger partial charge in [-0.25, -0.2) is 9.97 Å². The third-order valence-corrected chi connectivity index (χ3v) is 3.15. The molecule has 17 heavy (non-hydrogen) atoms. The first kappa shape index (κ1) is 12.1. The van der Waals surface area contributed by atoms with E-state index in [2.05, 4.69) is 20.2 Å². The Labute approximate surface area is 102 Å². The summed E-state index contributed by atoms with van der Waals surface area (Å²) in [5.41, 5.74) is 0.969. The maximum Gasteiger partial charge on any atom is 0.221 e. The van der Waals surface area contributed by atoms with Crippen LogP contribution in [0.4, 0.5) is 5.82 Å². The fourth-order valence-corrected chi connectivity index (χ4v) is 2.16. The van der Waals surface area contributed by atoms with E-state index in [1.807, 2.05) is 6.92 Å². The summed E-state index contributed by atoms with van der Waals surface area (Å²) in [6.07, 6.45) is 4.20. The molecule has 1 aliphatic rings. The number of ether oxygens (including phenoxy) is 1. The van der Waals surface area contributed by atoms with E-state index in [0.29, 0.717) is 5.88 Å². The van der Waals surface area contributed by atoms with Crippen molar-refractivity contribution in [3.05, 3.63) is 11.9 Å². The van der Waals surface area contributed by atoms with Crippen LogP contribution in [0.25, 0.3) is 0 Å². The van der Waals surface area contributed by atoms with Crippen LogP contribution in [0.15, 0.2) is 6.33 Å². The average Bonchev–Trinajstić information content (AvgIpc) is 2.84. The van der Waals surface area contributed by atoms with Gasteiger partial charge < -0.3 is 15.0 Å². The Kier molecular flexibility index (Phi) is 4.14. The molecule has 0 spiro atoms. The highest BCUT2D eigenvalue weighted by molar-refractivity contribution is 5.47. The van der Waals surface area contributed by atoms with Crippen LogP contribution in [0.5, 0.6) is 5.88 Å². The van der Waals surface area contributed by atoms with E-state index in [4.69, 9.17) is 4.74 Å². The van der Waals surface area contributed by atoms with Crippen molar-refractivity contribution in [1.82, 2.24) is 14.9 Å². The Morgan fingerprint density at radius 3 is 2.82 bits per heavy atom. The van der Waals surface area contributed by atoms with Crippen molar-refractivity contribution in [2.24, 2.45) is 0 Å². The van der Waals surface area contributed by atoms with Gasteiger partial charge in [-0.15, -0.1) is 0 Å². The summed E-state index contributed by atoms with van der Waals surface area (Å²) < 4.78 is 5.16. The lowest BCUT2D eigenvalue weighted by Crippen LogP contribution is -2.26. The largest absolute Gasteiger partial charge is 0.481 e. The van der Waals surface area contributed by atoms with Crippen LogP contribution in [-0.2, 0) is 0 Å². The van der Waals surface area contributed by atoms with Crippen molar-refractivity contribution < 1.29 is 4.74 Å². The third-order valence-electron chi connectivity index (χ3n) is 3.15. The van der Waals surface area contributed by atoms with Gasteiger partial charge in [0.05, 0.1) is 12.7 Å². The van der Waals surface area contributed by atoms with Gasteiger partial charge in [0.25, 0.3) is 0 Å². The smallest absolute Gasteiger partial charge is 0.221 e. The molecule has 0 radical (unpaired) electrons. The maximum absolute atomic E-state index is 5.16. The van der Waals surface area contributed by atoms with E-state index >= 15 is 0 Å². The Balaban J connectivity index is 1.85. The molecule has 5 nitrogen and oxygen atoms in total. The average molecular weight is 236 g/mol. The summed E-state index contributed by atoms with van der Waals surface area (Å²) in [5.74, 6) is 1.51. The Bertz CT molecular complexity index is 364. The van der Waals surface area contributed by atoms with E-state index in [9.17, 15) is 0 Å². The van der Waals surface area contributed by atoms with Crippen molar-refractivity contribution in [2.75, 3.05) is 38.6 Å². The summed E-state index contributed by atoms with van der Waals surface area (Å²) in [4.78, 5) is 10.8. The first-order valence-electron chi connectivity index (χ1n) is 6.13. The third kappa shape index (κ3) is 3.06. The minimum Gasteiger partial charge on any atom is -0.481 e. The molecular formula is C12H20N4O. The predicted molar refractivity (Wildman–Crippen MR) is 67.5 cm³/mol. The van der Waals surface area contributed by atoms with E-state index in [-0.39, 0.29) is 0 Å². The molecule has 5 heteroatoms. The van der Waals surface area contributed by atoms with Gasteiger partial charge in [-0.1, -0.05) is 0 Å². The van der Waals surface area contributed by atoms with Crippen molar-refractivity contribution in [3.63, 3.8) is 0 Å². The molecule has 0 aromatic carbocycles. The van der Waals surface area contributed by atoms with Gasteiger partial charge in [-0.2, -0.15) is 0 Å². The zero-order chi connectivity index (χ0) is 12.1. The summed E-state index contributed by atoms with van der Waals surface area (Å²) in [6.45, 7) is 6.42. The minimum absolute atomic E-state index is 0.642.